The van der Waals surface area contributed by atoms with Crippen LogP contribution < -0.4 is 0 Å². The molecule has 0 atom stereocenters. The monoisotopic (exact) mass is 327 g/mol. The third-order valence-corrected chi connectivity index (χ3v) is 4.42. The highest BCUT2D eigenvalue weighted by atomic mass is 15.3. The Balaban J connectivity index is 1.43. The molecule has 0 fully saturated rings. The molecule has 0 aliphatic carbocycles. The lowest BCUT2D eigenvalue weighted by molar-refractivity contribution is 0.319. The molecule has 0 radical (unpaired) electrons. The Labute approximate surface area is 148 Å². The molecule has 3 heteroatoms. The van der Waals surface area contributed by atoms with E-state index in [1.165, 1.54) is 21.9 Å². The van der Waals surface area contributed by atoms with Gasteiger partial charge < -0.3 is 0 Å². The number of hydrogen-bond donors (Lipinski definition) is 0. The van der Waals surface area contributed by atoms with Crippen molar-refractivity contribution in [3.05, 3.63) is 96.3 Å². The second-order valence-corrected chi connectivity index (χ2v) is 6.47. The highest BCUT2D eigenvalue weighted by Gasteiger charge is 2.04. The van der Waals surface area contributed by atoms with Gasteiger partial charge in [-0.15, -0.1) is 0 Å². The molecule has 4 rings (SSSR count). The lowest BCUT2D eigenvalue weighted by atomic mass is 10.1. The van der Waals surface area contributed by atoms with Crippen molar-refractivity contribution in [2.45, 2.75) is 13.1 Å². The molecule has 0 saturated carbocycles. The van der Waals surface area contributed by atoms with Gasteiger partial charge in [0.15, 0.2) is 0 Å². The summed E-state index contributed by atoms with van der Waals surface area (Å²) in [6.07, 6.45) is 3.76. The highest BCUT2D eigenvalue weighted by molar-refractivity contribution is 5.82. The predicted octanol–water partition coefficient (Wildman–Crippen LogP) is 4.66. The third kappa shape index (κ3) is 3.62. The van der Waals surface area contributed by atoms with Gasteiger partial charge in [-0.25, -0.2) is 4.68 Å². The van der Waals surface area contributed by atoms with Crippen LogP contribution in [-0.2, 0) is 13.1 Å². The number of hydrogen-bond acceptors (Lipinski definition) is 2. The fraction of sp³-hybridized carbons (Fsp3) is 0.136. The summed E-state index contributed by atoms with van der Waals surface area (Å²) in [6.45, 7) is 1.86. The van der Waals surface area contributed by atoms with Gasteiger partial charge in [0.05, 0.1) is 5.69 Å². The van der Waals surface area contributed by atoms with E-state index < -0.39 is 0 Å². The maximum atomic E-state index is 4.26. The molecule has 3 aromatic carbocycles. The first-order valence-electron chi connectivity index (χ1n) is 8.53. The Kier molecular flexibility index (Phi) is 4.32. The van der Waals surface area contributed by atoms with Crippen molar-refractivity contribution in [1.29, 1.82) is 0 Å². The molecule has 124 valence electrons. The average molecular weight is 327 g/mol. The van der Waals surface area contributed by atoms with Crippen molar-refractivity contribution < 1.29 is 0 Å². The standard InChI is InChI=1S/C22H21N3/c1-24(17-19-7-10-20-5-2-3-6-21(20)15-19)16-18-8-11-22(12-9-18)25-14-4-13-23-25/h2-15H,16-17H2,1H3. The van der Waals surface area contributed by atoms with Crippen LogP contribution in [0, 0.1) is 0 Å². The second-order valence-electron chi connectivity index (χ2n) is 6.47. The third-order valence-electron chi connectivity index (χ3n) is 4.42. The molecule has 0 aliphatic heterocycles. The molecular weight excluding hydrogens is 306 g/mol. The summed E-state index contributed by atoms with van der Waals surface area (Å²) in [5.41, 5.74) is 3.74. The molecule has 0 saturated heterocycles. The number of aromatic nitrogens is 2. The summed E-state index contributed by atoms with van der Waals surface area (Å²) in [6, 6.07) is 25.7. The van der Waals surface area contributed by atoms with E-state index in [1.807, 2.05) is 16.9 Å². The second kappa shape index (κ2) is 6.91. The van der Waals surface area contributed by atoms with Gasteiger partial charge in [0.25, 0.3) is 0 Å². The first-order chi connectivity index (χ1) is 12.3. The quantitative estimate of drug-likeness (QED) is 0.532. The van der Waals surface area contributed by atoms with Crippen LogP contribution in [-0.4, -0.2) is 21.7 Å². The minimum absolute atomic E-state index is 0.923. The van der Waals surface area contributed by atoms with Crippen LogP contribution in [0.15, 0.2) is 85.2 Å². The van der Waals surface area contributed by atoms with Gasteiger partial charge in [0.2, 0.25) is 0 Å². The van der Waals surface area contributed by atoms with Crippen LogP contribution >= 0.6 is 0 Å². The van der Waals surface area contributed by atoms with E-state index in [0.717, 1.165) is 18.8 Å². The summed E-state index contributed by atoms with van der Waals surface area (Å²) in [5.74, 6) is 0. The van der Waals surface area contributed by atoms with Crippen LogP contribution in [0.3, 0.4) is 0 Å². The molecule has 3 nitrogen and oxygen atoms in total. The molecule has 0 amide bonds. The van der Waals surface area contributed by atoms with E-state index in [4.69, 9.17) is 0 Å². The minimum atomic E-state index is 0.923. The SMILES string of the molecule is CN(Cc1ccc(-n2cccn2)cc1)Cc1ccc2ccccc2c1. The molecule has 25 heavy (non-hydrogen) atoms. The van der Waals surface area contributed by atoms with E-state index in [9.17, 15) is 0 Å². The molecule has 0 spiro atoms. The van der Waals surface area contributed by atoms with Crippen molar-refractivity contribution in [3.63, 3.8) is 0 Å². The number of fused-ring (bicyclic) bond motifs is 1. The normalized spacial score (nSPS) is 11.3. The van der Waals surface area contributed by atoms with Crippen LogP contribution in [0.1, 0.15) is 11.1 Å². The zero-order valence-corrected chi connectivity index (χ0v) is 14.3. The van der Waals surface area contributed by atoms with Crippen molar-refractivity contribution in [1.82, 2.24) is 14.7 Å². The van der Waals surface area contributed by atoms with E-state index >= 15 is 0 Å². The van der Waals surface area contributed by atoms with Gasteiger partial charge in [-0.1, -0.05) is 48.5 Å². The maximum absolute atomic E-state index is 4.26. The lowest BCUT2D eigenvalue weighted by Gasteiger charge is -2.17. The van der Waals surface area contributed by atoms with Gasteiger partial charge in [0, 0.05) is 25.5 Å². The fourth-order valence-electron chi connectivity index (χ4n) is 3.19. The van der Waals surface area contributed by atoms with Crippen LogP contribution in [0.25, 0.3) is 16.5 Å². The summed E-state index contributed by atoms with van der Waals surface area (Å²) < 4.78 is 1.88. The smallest absolute Gasteiger partial charge is 0.0645 e. The number of rotatable bonds is 5. The molecule has 0 N–H and O–H groups in total. The van der Waals surface area contributed by atoms with Gasteiger partial charge in [0.1, 0.15) is 0 Å². The maximum Gasteiger partial charge on any atom is 0.0645 e. The summed E-state index contributed by atoms with van der Waals surface area (Å²) >= 11 is 0. The number of nitrogens with zero attached hydrogens (tertiary/aromatic N) is 3. The van der Waals surface area contributed by atoms with Crippen LogP contribution in [0.5, 0.6) is 0 Å². The molecule has 1 aromatic heterocycles. The average Bonchev–Trinajstić information content (AvgIpc) is 3.17. The lowest BCUT2D eigenvalue weighted by Crippen LogP contribution is -2.17. The zero-order valence-electron chi connectivity index (χ0n) is 14.3. The predicted molar refractivity (Wildman–Crippen MR) is 103 cm³/mol. The first kappa shape index (κ1) is 15.6. The van der Waals surface area contributed by atoms with E-state index in [-0.39, 0.29) is 0 Å². The van der Waals surface area contributed by atoms with Gasteiger partial charge in [-0.2, -0.15) is 5.10 Å². The Morgan fingerprint density at radius 2 is 1.52 bits per heavy atom. The summed E-state index contributed by atoms with van der Waals surface area (Å²) in [5, 5.41) is 6.86. The highest BCUT2D eigenvalue weighted by Crippen LogP contribution is 2.17. The van der Waals surface area contributed by atoms with Crippen LogP contribution in [0.2, 0.25) is 0 Å². The fourth-order valence-corrected chi connectivity index (χ4v) is 3.19. The number of benzene rings is 3. The van der Waals surface area contributed by atoms with Crippen molar-refractivity contribution >= 4 is 10.8 Å². The van der Waals surface area contributed by atoms with Gasteiger partial charge >= 0.3 is 0 Å². The zero-order chi connectivity index (χ0) is 17.1. The molecular formula is C22H21N3. The van der Waals surface area contributed by atoms with E-state index in [2.05, 4.69) is 83.8 Å². The Hall–Kier alpha value is -2.91. The molecule has 0 bridgehead atoms. The Morgan fingerprint density at radius 1 is 0.800 bits per heavy atom. The molecule has 0 unspecified atom stereocenters. The van der Waals surface area contributed by atoms with E-state index in [1.54, 1.807) is 6.20 Å². The Morgan fingerprint density at radius 3 is 2.28 bits per heavy atom. The topological polar surface area (TPSA) is 21.1 Å². The molecule has 4 aromatic rings. The van der Waals surface area contributed by atoms with E-state index in [0.29, 0.717) is 0 Å². The largest absolute Gasteiger partial charge is 0.298 e. The minimum Gasteiger partial charge on any atom is -0.298 e. The van der Waals surface area contributed by atoms with Crippen molar-refractivity contribution in [2.24, 2.45) is 0 Å². The van der Waals surface area contributed by atoms with Crippen LogP contribution in [0.4, 0.5) is 0 Å². The summed E-state index contributed by atoms with van der Waals surface area (Å²) in [7, 11) is 2.16. The van der Waals surface area contributed by atoms with Gasteiger partial charge in [-0.05, 0) is 53.2 Å². The van der Waals surface area contributed by atoms with Crippen molar-refractivity contribution in [2.75, 3.05) is 7.05 Å². The Bertz CT molecular complexity index is 956. The first-order valence-corrected chi connectivity index (χ1v) is 8.53. The van der Waals surface area contributed by atoms with Gasteiger partial charge in [-0.3, -0.25) is 4.90 Å². The molecule has 0 aliphatic rings. The van der Waals surface area contributed by atoms with Crippen molar-refractivity contribution in [3.8, 4) is 5.69 Å². The summed E-state index contributed by atoms with van der Waals surface area (Å²) in [4.78, 5) is 2.34. The molecule has 1 heterocycles.